The van der Waals surface area contributed by atoms with Crippen molar-refractivity contribution in [2.75, 3.05) is 13.2 Å². The SMILES string of the molecule is CCCNC(CCOc1cccc(C)c1)CC(CC)CC. The minimum absolute atomic E-state index is 0.583. The van der Waals surface area contributed by atoms with Gasteiger partial charge in [0.2, 0.25) is 0 Å². The standard InChI is InChI=1S/C19H33NO/c1-5-12-20-18(15-17(6-2)7-3)11-13-21-19-10-8-9-16(4)14-19/h8-10,14,17-18,20H,5-7,11-13,15H2,1-4H3. The summed E-state index contributed by atoms with van der Waals surface area (Å²) in [5.74, 6) is 1.82. The van der Waals surface area contributed by atoms with Crippen molar-refractivity contribution in [1.29, 1.82) is 0 Å². The highest BCUT2D eigenvalue weighted by Gasteiger charge is 2.13. The van der Waals surface area contributed by atoms with Crippen LogP contribution < -0.4 is 10.1 Å². The molecule has 0 aromatic heterocycles. The maximum atomic E-state index is 5.91. The van der Waals surface area contributed by atoms with Crippen LogP contribution in [0.4, 0.5) is 0 Å². The molecule has 120 valence electrons. The zero-order valence-corrected chi connectivity index (χ0v) is 14.3. The van der Waals surface area contributed by atoms with Crippen LogP contribution in [0.25, 0.3) is 0 Å². The number of rotatable bonds is 11. The Morgan fingerprint density at radius 3 is 2.52 bits per heavy atom. The number of hydrogen-bond donors (Lipinski definition) is 1. The molecule has 1 aromatic carbocycles. The van der Waals surface area contributed by atoms with Crippen molar-refractivity contribution in [2.45, 2.75) is 65.8 Å². The van der Waals surface area contributed by atoms with Crippen molar-refractivity contribution in [3.8, 4) is 5.75 Å². The molecule has 2 heteroatoms. The van der Waals surface area contributed by atoms with Gasteiger partial charge in [0.15, 0.2) is 0 Å². The van der Waals surface area contributed by atoms with Gasteiger partial charge in [-0.05, 0) is 56.3 Å². The number of hydrogen-bond acceptors (Lipinski definition) is 2. The van der Waals surface area contributed by atoms with E-state index in [-0.39, 0.29) is 0 Å². The molecule has 0 aliphatic rings. The van der Waals surface area contributed by atoms with Gasteiger partial charge in [0.25, 0.3) is 0 Å². The summed E-state index contributed by atoms with van der Waals surface area (Å²) in [6.07, 6.45) is 6.10. The van der Waals surface area contributed by atoms with Crippen LogP contribution in [0.1, 0.15) is 58.4 Å². The van der Waals surface area contributed by atoms with Gasteiger partial charge in [-0.1, -0.05) is 45.7 Å². The van der Waals surface area contributed by atoms with E-state index in [1.165, 1.54) is 31.2 Å². The van der Waals surface area contributed by atoms with Gasteiger partial charge in [0.1, 0.15) is 5.75 Å². The lowest BCUT2D eigenvalue weighted by Crippen LogP contribution is -2.33. The van der Waals surface area contributed by atoms with Crippen LogP contribution in [0.3, 0.4) is 0 Å². The van der Waals surface area contributed by atoms with Crippen molar-refractivity contribution in [2.24, 2.45) is 5.92 Å². The van der Waals surface area contributed by atoms with Gasteiger partial charge in [-0.2, -0.15) is 0 Å². The Balaban J connectivity index is 2.40. The number of benzene rings is 1. The first kappa shape index (κ1) is 18.0. The monoisotopic (exact) mass is 291 g/mol. The van der Waals surface area contributed by atoms with Crippen LogP contribution in [0, 0.1) is 12.8 Å². The Hall–Kier alpha value is -1.02. The van der Waals surface area contributed by atoms with E-state index in [4.69, 9.17) is 4.74 Å². The number of aryl methyl sites for hydroxylation is 1. The van der Waals surface area contributed by atoms with Gasteiger partial charge < -0.3 is 10.1 Å². The molecule has 21 heavy (non-hydrogen) atoms. The van der Waals surface area contributed by atoms with Crippen molar-refractivity contribution >= 4 is 0 Å². The van der Waals surface area contributed by atoms with Crippen molar-refractivity contribution < 1.29 is 4.74 Å². The molecule has 0 spiro atoms. The highest BCUT2D eigenvalue weighted by Crippen LogP contribution is 2.18. The lowest BCUT2D eigenvalue weighted by atomic mass is 9.93. The van der Waals surface area contributed by atoms with E-state index in [0.717, 1.165) is 31.2 Å². The van der Waals surface area contributed by atoms with Gasteiger partial charge in [-0.3, -0.25) is 0 Å². The number of nitrogens with one attached hydrogen (secondary N) is 1. The normalized spacial score (nSPS) is 12.6. The summed E-state index contributed by atoms with van der Waals surface area (Å²) in [6, 6.07) is 8.89. The second kappa shape index (κ2) is 10.7. The lowest BCUT2D eigenvalue weighted by Gasteiger charge is -2.23. The smallest absolute Gasteiger partial charge is 0.119 e. The summed E-state index contributed by atoms with van der Waals surface area (Å²) >= 11 is 0. The quantitative estimate of drug-likeness (QED) is 0.622. The van der Waals surface area contributed by atoms with Gasteiger partial charge >= 0.3 is 0 Å². The first-order chi connectivity index (χ1) is 10.2. The maximum Gasteiger partial charge on any atom is 0.119 e. The van der Waals surface area contributed by atoms with Crippen LogP contribution in [-0.2, 0) is 0 Å². The molecule has 0 bridgehead atoms. The van der Waals surface area contributed by atoms with Gasteiger partial charge in [0, 0.05) is 6.04 Å². The lowest BCUT2D eigenvalue weighted by molar-refractivity contribution is 0.263. The third-order valence-corrected chi connectivity index (χ3v) is 4.18. The predicted octanol–water partition coefficient (Wildman–Crippen LogP) is 4.96. The second-order valence-corrected chi connectivity index (χ2v) is 6.02. The average Bonchev–Trinajstić information content (AvgIpc) is 2.49. The number of ether oxygens (including phenoxy) is 1. The van der Waals surface area contributed by atoms with Gasteiger partial charge in [0.05, 0.1) is 6.61 Å². The molecular weight excluding hydrogens is 258 g/mol. The fraction of sp³-hybridized carbons (Fsp3) is 0.684. The topological polar surface area (TPSA) is 21.3 Å². The van der Waals surface area contributed by atoms with E-state index in [2.05, 4.69) is 51.2 Å². The van der Waals surface area contributed by atoms with Crippen LogP contribution in [0.5, 0.6) is 5.75 Å². The van der Waals surface area contributed by atoms with E-state index < -0.39 is 0 Å². The third-order valence-electron chi connectivity index (χ3n) is 4.18. The molecule has 0 fully saturated rings. The van der Waals surface area contributed by atoms with Crippen LogP contribution in [0.15, 0.2) is 24.3 Å². The Labute approximate surface area is 131 Å². The molecule has 0 aliphatic carbocycles. The molecule has 1 atom stereocenters. The minimum atomic E-state index is 0.583. The van der Waals surface area contributed by atoms with Crippen molar-refractivity contribution in [3.05, 3.63) is 29.8 Å². The largest absolute Gasteiger partial charge is 0.494 e. The summed E-state index contributed by atoms with van der Waals surface area (Å²) in [6.45, 7) is 10.8. The summed E-state index contributed by atoms with van der Waals surface area (Å²) in [7, 11) is 0. The maximum absolute atomic E-state index is 5.91. The molecule has 0 saturated carbocycles. The molecule has 2 nitrogen and oxygen atoms in total. The third kappa shape index (κ3) is 7.52. The average molecular weight is 291 g/mol. The summed E-state index contributed by atoms with van der Waals surface area (Å²) < 4.78 is 5.91. The van der Waals surface area contributed by atoms with Crippen molar-refractivity contribution in [1.82, 2.24) is 5.32 Å². The Morgan fingerprint density at radius 2 is 1.90 bits per heavy atom. The van der Waals surface area contributed by atoms with Crippen molar-refractivity contribution in [3.63, 3.8) is 0 Å². The van der Waals surface area contributed by atoms with E-state index >= 15 is 0 Å². The minimum Gasteiger partial charge on any atom is -0.494 e. The molecule has 1 unspecified atom stereocenters. The summed E-state index contributed by atoms with van der Waals surface area (Å²) in [5.41, 5.74) is 1.25. The highest BCUT2D eigenvalue weighted by molar-refractivity contribution is 5.27. The molecule has 0 aliphatic heterocycles. The Morgan fingerprint density at radius 1 is 1.14 bits per heavy atom. The molecule has 0 heterocycles. The van der Waals surface area contributed by atoms with Gasteiger partial charge in [-0.15, -0.1) is 0 Å². The van der Waals surface area contributed by atoms with E-state index in [9.17, 15) is 0 Å². The second-order valence-electron chi connectivity index (χ2n) is 6.02. The van der Waals surface area contributed by atoms with E-state index in [1.54, 1.807) is 0 Å². The fourth-order valence-electron chi connectivity index (χ4n) is 2.70. The predicted molar refractivity (Wildman–Crippen MR) is 92.1 cm³/mol. The fourth-order valence-corrected chi connectivity index (χ4v) is 2.70. The molecule has 1 aromatic rings. The van der Waals surface area contributed by atoms with Crippen LogP contribution >= 0.6 is 0 Å². The molecule has 0 saturated heterocycles. The first-order valence-corrected chi connectivity index (χ1v) is 8.62. The van der Waals surface area contributed by atoms with Gasteiger partial charge in [-0.25, -0.2) is 0 Å². The van der Waals surface area contributed by atoms with Crippen LogP contribution in [0.2, 0.25) is 0 Å². The Kier molecular flexibility index (Phi) is 9.16. The zero-order valence-electron chi connectivity index (χ0n) is 14.3. The summed E-state index contributed by atoms with van der Waals surface area (Å²) in [5, 5.41) is 3.69. The van der Waals surface area contributed by atoms with E-state index in [0.29, 0.717) is 6.04 Å². The van der Waals surface area contributed by atoms with E-state index in [1.807, 2.05) is 6.07 Å². The molecule has 0 amide bonds. The van der Waals surface area contributed by atoms with Crippen LogP contribution in [-0.4, -0.2) is 19.2 Å². The highest BCUT2D eigenvalue weighted by atomic mass is 16.5. The molecular formula is C19H33NO. The zero-order chi connectivity index (χ0) is 15.5. The molecule has 0 radical (unpaired) electrons. The summed E-state index contributed by atoms with van der Waals surface area (Å²) in [4.78, 5) is 0. The molecule has 1 N–H and O–H groups in total. The Bertz CT molecular complexity index is 374. The molecule has 1 rings (SSSR count). The first-order valence-electron chi connectivity index (χ1n) is 8.62.